The molecule has 4 aliphatic heterocycles. The summed E-state index contributed by atoms with van der Waals surface area (Å²) in [6, 6.07) is -0.962. The van der Waals surface area contributed by atoms with Gasteiger partial charge in [0, 0.05) is 42.7 Å². The zero-order chi connectivity index (χ0) is 27.0. The highest BCUT2D eigenvalue weighted by atomic mass is 32.2. The molecule has 200 valence electrons. The van der Waals surface area contributed by atoms with E-state index in [4.69, 9.17) is 15.3 Å². The zero-order valence-corrected chi connectivity index (χ0v) is 21.9. The van der Waals surface area contributed by atoms with Crippen LogP contribution in [0.5, 0.6) is 0 Å². The molecule has 1 fully saturated rings. The van der Waals surface area contributed by atoms with Crippen LogP contribution in [0.3, 0.4) is 0 Å². The van der Waals surface area contributed by atoms with Gasteiger partial charge in [-0.1, -0.05) is 5.16 Å². The third kappa shape index (κ3) is 4.53. The van der Waals surface area contributed by atoms with E-state index < -0.39 is 29.2 Å². The number of aliphatic carboxylic acids is 1. The Morgan fingerprint density at radius 1 is 1.37 bits per heavy atom. The Kier molecular flexibility index (Phi) is 6.94. The van der Waals surface area contributed by atoms with E-state index in [0.29, 0.717) is 30.3 Å². The van der Waals surface area contributed by atoms with E-state index in [1.54, 1.807) is 17.4 Å². The number of carboxylic acid groups (broad SMARTS) is 1. The topological polar surface area (TPSA) is 188 Å². The molecular formula is C21H23N9O6S2. The highest BCUT2D eigenvalue weighted by molar-refractivity contribution is 8.00. The monoisotopic (exact) mass is 561 g/mol. The lowest BCUT2D eigenvalue weighted by atomic mass is 10.0. The van der Waals surface area contributed by atoms with Crippen molar-refractivity contribution in [1.82, 2.24) is 29.5 Å². The Morgan fingerprint density at radius 3 is 2.87 bits per heavy atom. The molecule has 4 aliphatic rings. The largest absolute Gasteiger partial charge is 0.480 e. The van der Waals surface area contributed by atoms with Crippen molar-refractivity contribution in [3.8, 4) is 0 Å². The molecule has 2 amide bonds. The molecule has 17 heteroatoms. The smallest absolute Gasteiger partial charge is 0.352 e. The zero-order valence-electron chi connectivity index (χ0n) is 20.2. The minimum atomic E-state index is -1.22. The summed E-state index contributed by atoms with van der Waals surface area (Å²) in [7, 11) is 1.25. The lowest BCUT2D eigenvalue weighted by molar-refractivity contribution is -0.150. The van der Waals surface area contributed by atoms with Crippen molar-refractivity contribution in [2.24, 2.45) is 10.3 Å². The number of carboxylic acids is 1. The molecule has 1 aromatic heterocycles. The molecule has 0 unspecified atom stereocenters. The summed E-state index contributed by atoms with van der Waals surface area (Å²) < 4.78 is 9.44. The van der Waals surface area contributed by atoms with Gasteiger partial charge in [-0.2, -0.15) is 9.36 Å². The van der Waals surface area contributed by atoms with Crippen LogP contribution in [-0.4, -0.2) is 96.1 Å². The van der Waals surface area contributed by atoms with E-state index in [2.05, 4.69) is 24.9 Å². The summed E-state index contributed by atoms with van der Waals surface area (Å²) in [5, 5.41) is 21.9. The van der Waals surface area contributed by atoms with E-state index in [1.807, 2.05) is 17.9 Å². The van der Waals surface area contributed by atoms with Crippen molar-refractivity contribution in [2.45, 2.75) is 24.8 Å². The first-order valence-corrected chi connectivity index (χ1v) is 13.2. The summed E-state index contributed by atoms with van der Waals surface area (Å²) in [4.78, 5) is 50.0. The number of nitrogens with one attached hydrogen (secondary N) is 1. The Hall–Kier alpha value is -4.12. The number of hydrogen-bond acceptors (Lipinski definition) is 14. The Balaban J connectivity index is 1.30. The molecule has 5 rings (SSSR count). The molecule has 1 saturated heterocycles. The van der Waals surface area contributed by atoms with Gasteiger partial charge in [-0.15, -0.1) is 16.9 Å². The van der Waals surface area contributed by atoms with Gasteiger partial charge >= 0.3 is 5.97 Å². The number of hydrazone groups is 1. The quantitative estimate of drug-likeness (QED) is 0.217. The van der Waals surface area contributed by atoms with Gasteiger partial charge in [0.25, 0.3) is 11.8 Å². The Bertz CT molecular complexity index is 1340. The lowest BCUT2D eigenvalue weighted by Crippen LogP contribution is -2.71. The van der Waals surface area contributed by atoms with Gasteiger partial charge in [0.15, 0.2) is 5.13 Å². The van der Waals surface area contributed by atoms with E-state index in [9.17, 15) is 19.5 Å². The summed E-state index contributed by atoms with van der Waals surface area (Å²) in [5.74, 6) is -0.834. The fraction of sp³-hybridized carbons (Fsp3) is 0.381. The number of aromatic nitrogens is 2. The van der Waals surface area contributed by atoms with Gasteiger partial charge in [-0.05, 0) is 18.6 Å². The molecule has 38 heavy (non-hydrogen) atoms. The molecule has 0 spiro atoms. The summed E-state index contributed by atoms with van der Waals surface area (Å²) in [5.41, 5.74) is 5.82. The van der Waals surface area contributed by atoms with Crippen molar-refractivity contribution in [3.63, 3.8) is 0 Å². The molecule has 0 saturated carbocycles. The normalized spacial score (nSPS) is 22.4. The first kappa shape index (κ1) is 25.5. The predicted octanol–water partition coefficient (Wildman–Crippen LogP) is -0.107. The Morgan fingerprint density at radius 2 is 2.18 bits per heavy atom. The van der Waals surface area contributed by atoms with Crippen LogP contribution in [0.1, 0.15) is 19.2 Å². The van der Waals surface area contributed by atoms with Crippen LogP contribution in [0.25, 0.3) is 0 Å². The summed E-state index contributed by atoms with van der Waals surface area (Å²) >= 11 is 2.24. The third-order valence-corrected chi connectivity index (χ3v) is 7.74. The van der Waals surface area contributed by atoms with Gasteiger partial charge in [-0.25, -0.2) is 9.80 Å². The first-order chi connectivity index (χ1) is 18.3. The van der Waals surface area contributed by atoms with Crippen LogP contribution in [-0.2, 0) is 24.0 Å². The number of ether oxygens (including phenoxy) is 1. The van der Waals surface area contributed by atoms with Crippen molar-refractivity contribution < 1.29 is 29.1 Å². The number of β-lactam (4-membered cyclic amide) rings is 1. The molecule has 0 radical (unpaired) electrons. The summed E-state index contributed by atoms with van der Waals surface area (Å²) in [6.45, 7) is 2.65. The fourth-order valence-corrected chi connectivity index (χ4v) is 6.05. The van der Waals surface area contributed by atoms with Gasteiger partial charge in [0.1, 0.15) is 30.0 Å². The van der Waals surface area contributed by atoms with Crippen LogP contribution < -0.4 is 11.1 Å². The highest BCUT2D eigenvalue weighted by Gasteiger charge is 2.54. The number of rotatable bonds is 8. The number of thioether (sulfide) groups is 1. The maximum atomic E-state index is 13.1. The molecule has 4 N–H and O–H groups in total. The standard InChI is InChI=1S/C21H23N9O6S2/c1-3-36-11-4-5-12-28(6-7-29(12)25-11)8-10-9-37-19-14(18(32)30(19)15(10)20(33)34)23-17(31)13(26-35-2)16-24-21(22)38-27-16/h5-7,14,19H,3-4,8-9H2,1-2H3,(H,23,31)(H,33,34)(H2,22,24,27)/t14-,19+/m1/s1. The summed E-state index contributed by atoms with van der Waals surface area (Å²) in [6.07, 6.45) is 6.02. The minimum Gasteiger partial charge on any atom is -0.480 e. The van der Waals surface area contributed by atoms with E-state index in [0.717, 1.165) is 17.4 Å². The molecule has 15 nitrogen and oxygen atoms in total. The van der Waals surface area contributed by atoms with E-state index >= 15 is 0 Å². The van der Waals surface area contributed by atoms with E-state index in [-0.39, 0.29) is 28.9 Å². The lowest BCUT2D eigenvalue weighted by Gasteiger charge is -2.49. The number of nitrogen functional groups attached to an aromatic ring is 1. The number of carbonyl (C=O) groups is 3. The molecule has 1 aromatic rings. The van der Waals surface area contributed by atoms with Gasteiger partial charge in [0.2, 0.25) is 17.4 Å². The van der Waals surface area contributed by atoms with Gasteiger partial charge < -0.3 is 30.6 Å². The van der Waals surface area contributed by atoms with Crippen molar-refractivity contribution in [1.29, 1.82) is 0 Å². The van der Waals surface area contributed by atoms with E-state index in [1.165, 1.54) is 23.8 Å². The van der Waals surface area contributed by atoms with Crippen molar-refractivity contribution in [2.75, 3.05) is 31.7 Å². The average Bonchev–Trinajstić information content (AvgIpc) is 3.51. The number of carbonyl (C=O) groups excluding carboxylic acids is 2. The second-order valence-electron chi connectivity index (χ2n) is 8.16. The number of nitrogens with zero attached hydrogens (tertiary/aromatic N) is 7. The molecule has 5 heterocycles. The number of hydrogen-bond donors (Lipinski definition) is 3. The third-order valence-electron chi connectivity index (χ3n) is 5.86. The minimum absolute atomic E-state index is 0.0392. The van der Waals surface area contributed by atoms with Crippen LogP contribution in [0, 0.1) is 0 Å². The van der Waals surface area contributed by atoms with Crippen LogP contribution in [0.4, 0.5) is 5.13 Å². The maximum Gasteiger partial charge on any atom is 0.352 e. The second kappa shape index (κ2) is 10.3. The number of amides is 2. The predicted molar refractivity (Wildman–Crippen MR) is 137 cm³/mol. The fourth-order valence-electron chi connectivity index (χ4n) is 4.28. The SMILES string of the molecule is CCOC1=NN2C=CN(CC3=C(C(=O)O)N4C(=O)[C@@H](NC(=O)C(=NOC)c5nsc(N)n5)[C@@H]4SC3)C2=CC1. The number of nitrogens with two attached hydrogens (primary N) is 1. The highest BCUT2D eigenvalue weighted by Crippen LogP contribution is 2.41. The maximum absolute atomic E-state index is 13.1. The van der Waals surface area contributed by atoms with Crippen molar-refractivity contribution >= 4 is 57.8 Å². The molecule has 0 aromatic carbocycles. The average molecular weight is 562 g/mol. The number of fused-ring (bicyclic) bond motifs is 2. The number of anilines is 1. The van der Waals surface area contributed by atoms with Gasteiger partial charge in [0.05, 0.1) is 6.61 Å². The van der Waals surface area contributed by atoms with Crippen LogP contribution in [0.2, 0.25) is 0 Å². The second-order valence-corrected chi connectivity index (χ2v) is 10.0. The number of oxime groups is 1. The molecule has 0 aliphatic carbocycles. The van der Waals surface area contributed by atoms with Crippen LogP contribution in [0.15, 0.2) is 45.8 Å². The Labute approximate surface area is 224 Å². The van der Waals surface area contributed by atoms with Crippen molar-refractivity contribution in [3.05, 3.63) is 41.4 Å². The molecular weight excluding hydrogens is 538 g/mol. The van der Waals surface area contributed by atoms with Gasteiger partial charge in [-0.3, -0.25) is 14.5 Å². The molecule has 0 bridgehead atoms. The first-order valence-electron chi connectivity index (χ1n) is 11.4. The molecule has 2 atom stereocenters. The van der Waals surface area contributed by atoms with Crippen LogP contribution >= 0.6 is 23.3 Å².